The average molecular weight is 402 g/mol. The Kier molecular flexibility index (Phi) is 5.67. The molecule has 0 radical (unpaired) electrons. The number of rotatable bonds is 2. The van der Waals surface area contributed by atoms with Crippen LogP contribution in [-0.4, -0.2) is 38.7 Å². The van der Waals surface area contributed by atoms with Crippen molar-refractivity contribution < 1.29 is 23.1 Å². The van der Waals surface area contributed by atoms with Crippen LogP contribution in [0.15, 0.2) is 61.3 Å². The summed E-state index contributed by atoms with van der Waals surface area (Å²) in [6.45, 7) is 2.94. The Balaban J connectivity index is 0.000000298. The molecule has 1 amide bonds. The van der Waals surface area contributed by atoms with Gasteiger partial charge >= 0.3 is 6.18 Å². The number of alkyl halides is 3. The number of nitrogens with one attached hydrogen (secondary N) is 2. The lowest BCUT2D eigenvalue weighted by molar-refractivity contribution is -0.119. The van der Waals surface area contributed by atoms with Crippen LogP contribution < -0.4 is 5.32 Å². The van der Waals surface area contributed by atoms with Crippen molar-refractivity contribution in [1.29, 1.82) is 0 Å². The van der Waals surface area contributed by atoms with Crippen molar-refractivity contribution in [2.75, 3.05) is 6.54 Å². The van der Waals surface area contributed by atoms with Gasteiger partial charge in [0.05, 0.1) is 11.3 Å². The third-order valence-electron chi connectivity index (χ3n) is 4.18. The van der Waals surface area contributed by atoms with Crippen molar-refractivity contribution in [2.45, 2.75) is 12.6 Å². The number of aliphatic hydroxyl groups excluding tert-OH is 1. The van der Waals surface area contributed by atoms with Gasteiger partial charge in [0.2, 0.25) is 0 Å². The van der Waals surface area contributed by atoms with Crippen LogP contribution in [-0.2, 0) is 6.42 Å². The Morgan fingerprint density at radius 2 is 1.76 bits per heavy atom. The number of H-pyrrole nitrogens is 1. The highest BCUT2D eigenvalue weighted by atomic mass is 19.4. The second kappa shape index (κ2) is 8.17. The minimum absolute atomic E-state index is 0.00726. The minimum Gasteiger partial charge on any atom is -0.505 e. The van der Waals surface area contributed by atoms with Gasteiger partial charge in [-0.05, 0) is 30.3 Å². The van der Waals surface area contributed by atoms with Gasteiger partial charge in [-0.1, -0.05) is 6.58 Å². The van der Waals surface area contributed by atoms with Gasteiger partial charge in [-0.15, -0.1) is 0 Å². The van der Waals surface area contributed by atoms with Gasteiger partial charge < -0.3 is 15.4 Å². The SMILES string of the molecule is C=C(O)C(F)(F)F.O=C1NCCc2[nH]c(-c3ccnc(-c4ccncc4)c3)cc21. The minimum atomic E-state index is -4.64. The molecule has 0 spiro atoms. The van der Waals surface area contributed by atoms with E-state index >= 15 is 0 Å². The molecule has 0 bridgehead atoms. The number of halogens is 3. The number of carbonyl (C=O) groups excluding carboxylic acids is 1. The third kappa shape index (κ3) is 4.81. The second-order valence-corrected chi connectivity index (χ2v) is 6.19. The fourth-order valence-corrected chi connectivity index (χ4v) is 2.73. The molecule has 3 aromatic heterocycles. The lowest BCUT2D eigenvalue weighted by Crippen LogP contribution is -2.31. The number of aliphatic hydroxyl groups is 1. The Hall–Kier alpha value is -3.62. The van der Waals surface area contributed by atoms with E-state index in [0.717, 1.165) is 40.2 Å². The molecule has 0 saturated carbocycles. The summed E-state index contributed by atoms with van der Waals surface area (Å²) in [6, 6.07) is 9.73. The van der Waals surface area contributed by atoms with E-state index in [-0.39, 0.29) is 5.91 Å². The average Bonchev–Trinajstić information content (AvgIpc) is 3.14. The van der Waals surface area contributed by atoms with Crippen molar-refractivity contribution >= 4 is 5.91 Å². The molecule has 150 valence electrons. The van der Waals surface area contributed by atoms with Crippen LogP contribution in [0.25, 0.3) is 22.5 Å². The number of aromatic amines is 1. The molecular formula is C20H17F3N4O2. The maximum Gasteiger partial charge on any atom is 0.448 e. The van der Waals surface area contributed by atoms with Gasteiger partial charge in [0.15, 0.2) is 5.76 Å². The molecule has 3 aromatic rings. The van der Waals surface area contributed by atoms with E-state index in [9.17, 15) is 18.0 Å². The Morgan fingerprint density at radius 3 is 2.38 bits per heavy atom. The van der Waals surface area contributed by atoms with Crippen LogP contribution in [0, 0.1) is 0 Å². The van der Waals surface area contributed by atoms with Gasteiger partial charge in [-0.3, -0.25) is 14.8 Å². The third-order valence-corrected chi connectivity index (χ3v) is 4.18. The topological polar surface area (TPSA) is 90.9 Å². The first-order valence-corrected chi connectivity index (χ1v) is 8.57. The fraction of sp³-hybridized carbons (Fsp3) is 0.150. The van der Waals surface area contributed by atoms with Crippen LogP contribution in [0.1, 0.15) is 16.1 Å². The molecule has 0 saturated heterocycles. The largest absolute Gasteiger partial charge is 0.505 e. The summed E-state index contributed by atoms with van der Waals surface area (Å²) in [5.74, 6) is -1.76. The first kappa shape index (κ1) is 20.1. The number of allylic oxidation sites excluding steroid dienone is 1. The molecule has 0 aliphatic carbocycles. The smallest absolute Gasteiger partial charge is 0.448 e. The number of hydrogen-bond donors (Lipinski definition) is 3. The van der Waals surface area contributed by atoms with Crippen molar-refractivity contribution in [3.63, 3.8) is 0 Å². The maximum absolute atomic E-state index is 11.9. The summed E-state index contributed by atoms with van der Waals surface area (Å²) in [7, 11) is 0. The molecule has 0 unspecified atom stereocenters. The van der Waals surface area contributed by atoms with Crippen LogP contribution in [0.5, 0.6) is 0 Å². The zero-order valence-corrected chi connectivity index (χ0v) is 15.1. The molecule has 0 aromatic carbocycles. The highest BCUT2D eigenvalue weighted by molar-refractivity contribution is 5.97. The molecule has 0 fully saturated rings. The molecular weight excluding hydrogens is 385 g/mol. The normalized spacial score (nSPS) is 13.0. The van der Waals surface area contributed by atoms with Crippen LogP contribution >= 0.6 is 0 Å². The number of hydrogen-bond acceptors (Lipinski definition) is 4. The zero-order valence-electron chi connectivity index (χ0n) is 15.1. The van der Waals surface area contributed by atoms with Gasteiger partial charge in [0.25, 0.3) is 5.91 Å². The molecule has 6 nitrogen and oxygen atoms in total. The van der Waals surface area contributed by atoms with E-state index in [1.54, 1.807) is 18.6 Å². The number of amides is 1. The molecule has 9 heteroatoms. The molecule has 3 N–H and O–H groups in total. The first-order chi connectivity index (χ1) is 13.8. The number of aromatic nitrogens is 3. The molecule has 0 atom stereocenters. The molecule has 1 aliphatic rings. The second-order valence-electron chi connectivity index (χ2n) is 6.19. The summed E-state index contributed by atoms with van der Waals surface area (Å²) >= 11 is 0. The van der Waals surface area contributed by atoms with Crippen molar-refractivity contribution in [1.82, 2.24) is 20.3 Å². The van der Waals surface area contributed by atoms with E-state index < -0.39 is 11.9 Å². The predicted molar refractivity (Wildman–Crippen MR) is 101 cm³/mol. The van der Waals surface area contributed by atoms with Crippen LogP contribution in [0.3, 0.4) is 0 Å². The van der Waals surface area contributed by atoms with Gasteiger partial charge in [0.1, 0.15) is 0 Å². The Bertz CT molecular complexity index is 1030. The number of pyridine rings is 2. The highest BCUT2D eigenvalue weighted by Crippen LogP contribution is 2.26. The summed E-state index contributed by atoms with van der Waals surface area (Å²) in [5.41, 5.74) is 5.61. The fourth-order valence-electron chi connectivity index (χ4n) is 2.73. The standard InChI is InChI=1S/C17H14N4O.C3H3F3O/c22-17-13-10-16(21-14(13)4-8-20-17)12-3-7-19-15(9-12)11-1-5-18-6-2-11;1-2(7)3(4,5)6/h1-3,5-7,9-10,21H,4,8H2,(H,20,22);7H,1H2. The highest BCUT2D eigenvalue weighted by Gasteiger charge is 2.31. The monoisotopic (exact) mass is 402 g/mol. The number of fused-ring (bicyclic) bond motifs is 1. The van der Waals surface area contributed by atoms with Crippen LogP contribution in [0.2, 0.25) is 0 Å². The van der Waals surface area contributed by atoms with Gasteiger partial charge in [0, 0.05) is 54.1 Å². The van der Waals surface area contributed by atoms with Gasteiger partial charge in [-0.25, -0.2) is 0 Å². The number of carbonyl (C=O) groups is 1. The van der Waals surface area contributed by atoms with Crippen molar-refractivity contribution in [2.24, 2.45) is 0 Å². The summed E-state index contributed by atoms with van der Waals surface area (Å²) in [5, 5.41) is 10.4. The summed E-state index contributed by atoms with van der Waals surface area (Å²) in [4.78, 5) is 23.7. The quantitative estimate of drug-likeness (QED) is 0.564. The summed E-state index contributed by atoms with van der Waals surface area (Å²) in [6.07, 6.45) is 1.48. The van der Waals surface area contributed by atoms with Crippen molar-refractivity contribution in [3.8, 4) is 22.5 Å². The van der Waals surface area contributed by atoms with E-state index in [0.29, 0.717) is 6.54 Å². The number of nitrogens with zero attached hydrogens (tertiary/aromatic N) is 2. The van der Waals surface area contributed by atoms with E-state index in [2.05, 4.69) is 26.8 Å². The summed E-state index contributed by atoms with van der Waals surface area (Å²) < 4.78 is 32.5. The lowest BCUT2D eigenvalue weighted by Gasteiger charge is -2.10. The van der Waals surface area contributed by atoms with E-state index in [1.165, 1.54) is 0 Å². The van der Waals surface area contributed by atoms with Crippen molar-refractivity contribution in [3.05, 3.63) is 72.5 Å². The molecule has 4 heterocycles. The van der Waals surface area contributed by atoms with E-state index in [1.807, 2.05) is 30.3 Å². The van der Waals surface area contributed by atoms with Crippen LogP contribution in [0.4, 0.5) is 13.2 Å². The Labute approximate surface area is 164 Å². The Morgan fingerprint density at radius 1 is 1.10 bits per heavy atom. The molecule has 4 rings (SSSR count). The predicted octanol–water partition coefficient (Wildman–Crippen LogP) is 4.05. The van der Waals surface area contributed by atoms with Gasteiger partial charge in [-0.2, -0.15) is 13.2 Å². The molecule has 29 heavy (non-hydrogen) atoms. The lowest BCUT2D eigenvalue weighted by atomic mass is 10.1. The molecule has 1 aliphatic heterocycles. The maximum atomic E-state index is 11.9. The first-order valence-electron chi connectivity index (χ1n) is 8.57. The van der Waals surface area contributed by atoms with E-state index in [4.69, 9.17) is 5.11 Å². The zero-order chi connectivity index (χ0) is 21.0.